The van der Waals surface area contributed by atoms with Gasteiger partial charge in [0.2, 0.25) is 0 Å². The summed E-state index contributed by atoms with van der Waals surface area (Å²) in [5, 5.41) is 2.25. The van der Waals surface area contributed by atoms with E-state index in [1.807, 2.05) is 18.2 Å². The molecule has 0 aliphatic heterocycles. The lowest BCUT2D eigenvalue weighted by atomic mass is 10.2. The normalized spacial score (nSPS) is 10.2. The fraction of sp³-hybridized carbons (Fsp3) is 0.0769. The average molecular weight is 311 g/mol. The van der Waals surface area contributed by atoms with Crippen LogP contribution in [0.25, 0.3) is 0 Å². The Morgan fingerprint density at radius 3 is 2.74 bits per heavy atom. The van der Waals surface area contributed by atoms with Crippen LogP contribution in [0.15, 0.2) is 35.7 Å². The van der Waals surface area contributed by atoms with E-state index in [1.54, 1.807) is 24.6 Å². The van der Waals surface area contributed by atoms with E-state index in [4.69, 9.17) is 29.6 Å². The van der Waals surface area contributed by atoms with Crippen LogP contribution in [0.5, 0.6) is 0 Å². The molecule has 0 aliphatic carbocycles. The summed E-state index contributed by atoms with van der Waals surface area (Å²) in [6, 6.07) is 8.92. The van der Waals surface area contributed by atoms with Gasteiger partial charge in [-0.05, 0) is 23.6 Å². The van der Waals surface area contributed by atoms with Crippen LogP contribution in [0.2, 0.25) is 5.02 Å². The van der Waals surface area contributed by atoms with Gasteiger partial charge < -0.3 is 10.6 Å². The van der Waals surface area contributed by atoms with Crippen molar-refractivity contribution < 1.29 is 4.79 Å². The summed E-state index contributed by atoms with van der Waals surface area (Å²) < 4.78 is 0. The molecule has 2 rings (SSSR count). The summed E-state index contributed by atoms with van der Waals surface area (Å²) in [5.74, 6) is -0.153. The highest BCUT2D eigenvalue weighted by Crippen LogP contribution is 2.25. The Morgan fingerprint density at radius 1 is 1.42 bits per heavy atom. The lowest BCUT2D eigenvalue weighted by molar-refractivity contribution is 0.0997. The summed E-state index contributed by atoms with van der Waals surface area (Å²) in [7, 11) is 1.69. The van der Waals surface area contributed by atoms with Crippen molar-refractivity contribution in [3.05, 3.63) is 51.2 Å². The Labute approximate surface area is 125 Å². The van der Waals surface area contributed by atoms with Gasteiger partial charge in [-0.3, -0.25) is 4.79 Å². The van der Waals surface area contributed by atoms with Gasteiger partial charge in [-0.1, -0.05) is 36.0 Å². The van der Waals surface area contributed by atoms with Crippen LogP contribution in [0.4, 0.5) is 5.69 Å². The summed E-state index contributed by atoms with van der Waals surface area (Å²) in [4.78, 5) is 14.6. The highest BCUT2D eigenvalue weighted by Gasteiger charge is 2.18. The van der Waals surface area contributed by atoms with Gasteiger partial charge in [-0.15, -0.1) is 11.3 Å². The van der Waals surface area contributed by atoms with Crippen molar-refractivity contribution in [2.45, 2.75) is 0 Å². The van der Waals surface area contributed by atoms with Crippen molar-refractivity contribution in [3.8, 4) is 0 Å². The number of nitrogens with two attached hydrogens (primary N) is 1. The highest BCUT2D eigenvalue weighted by atomic mass is 35.5. The van der Waals surface area contributed by atoms with Crippen LogP contribution in [0.1, 0.15) is 15.2 Å². The van der Waals surface area contributed by atoms with Gasteiger partial charge in [0, 0.05) is 18.3 Å². The maximum absolute atomic E-state index is 12.3. The molecule has 0 fully saturated rings. The second-order valence-corrected chi connectivity index (χ2v) is 5.64. The van der Waals surface area contributed by atoms with Crippen molar-refractivity contribution in [1.82, 2.24) is 0 Å². The van der Waals surface area contributed by atoms with E-state index in [0.717, 1.165) is 11.3 Å². The standard InChI is InChI=1S/C13H11ClN2OS2/c1-16(13(17)11-10(14)5-6-19-11)9-4-2-3-8(7-9)12(15)18/h2-7H,1H3,(H2,15,18). The van der Waals surface area contributed by atoms with Crippen LogP contribution >= 0.6 is 35.2 Å². The smallest absolute Gasteiger partial charge is 0.269 e. The van der Waals surface area contributed by atoms with E-state index in [1.165, 1.54) is 16.2 Å². The minimum absolute atomic E-state index is 0.153. The number of hydrogen-bond donors (Lipinski definition) is 1. The SMILES string of the molecule is CN(C(=O)c1sccc1Cl)c1cccc(C(N)=S)c1. The number of halogens is 1. The van der Waals surface area contributed by atoms with Crippen molar-refractivity contribution in [1.29, 1.82) is 0 Å². The number of rotatable bonds is 3. The fourth-order valence-corrected chi connectivity index (χ4v) is 2.82. The number of nitrogens with zero attached hydrogens (tertiary/aromatic N) is 1. The molecule has 2 N–H and O–H groups in total. The maximum Gasteiger partial charge on any atom is 0.269 e. The topological polar surface area (TPSA) is 46.3 Å². The Balaban J connectivity index is 2.32. The number of amides is 1. The minimum Gasteiger partial charge on any atom is -0.389 e. The van der Waals surface area contributed by atoms with Gasteiger partial charge in [-0.2, -0.15) is 0 Å². The van der Waals surface area contributed by atoms with Gasteiger partial charge in [0.1, 0.15) is 9.87 Å². The van der Waals surface area contributed by atoms with Gasteiger partial charge in [0.15, 0.2) is 0 Å². The quantitative estimate of drug-likeness (QED) is 0.885. The van der Waals surface area contributed by atoms with Crippen molar-refractivity contribution in [3.63, 3.8) is 0 Å². The summed E-state index contributed by atoms with van der Waals surface area (Å²) in [6.07, 6.45) is 0. The number of hydrogen-bond acceptors (Lipinski definition) is 3. The molecular formula is C13H11ClN2OS2. The molecule has 6 heteroatoms. The lowest BCUT2D eigenvalue weighted by Gasteiger charge is -2.17. The monoisotopic (exact) mass is 310 g/mol. The number of carbonyl (C=O) groups excluding carboxylic acids is 1. The number of anilines is 1. The first-order chi connectivity index (χ1) is 9.00. The molecule has 2 aromatic rings. The Hall–Kier alpha value is -1.43. The number of thiocarbonyl (C=S) groups is 1. The molecule has 98 valence electrons. The molecule has 1 aromatic heterocycles. The zero-order valence-electron chi connectivity index (χ0n) is 10.1. The molecule has 0 saturated heterocycles. The average Bonchev–Trinajstić information content (AvgIpc) is 2.83. The van der Waals surface area contributed by atoms with E-state index in [2.05, 4.69) is 0 Å². The molecule has 1 aromatic carbocycles. The predicted molar refractivity (Wildman–Crippen MR) is 84.4 cm³/mol. The number of carbonyl (C=O) groups is 1. The van der Waals surface area contributed by atoms with Crippen LogP contribution in [0, 0.1) is 0 Å². The van der Waals surface area contributed by atoms with E-state index >= 15 is 0 Å². The highest BCUT2D eigenvalue weighted by molar-refractivity contribution is 7.80. The third kappa shape index (κ3) is 2.94. The van der Waals surface area contributed by atoms with Gasteiger partial charge in [-0.25, -0.2) is 0 Å². The zero-order valence-corrected chi connectivity index (χ0v) is 12.5. The first kappa shape index (κ1) is 14.0. The van der Waals surface area contributed by atoms with Gasteiger partial charge in [0.25, 0.3) is 5.91 Å². The van der Waals surface area contributed by atoms with Crippen LogP contribution < -0.4 is 10.6 Å². The van der Waals surface area contributed by atoms with Gasteiger partial charge in [0.05, 0.1) is 5.02 Å². The second-order valence-electron chi connectivity index (χ2n) is 3.88. The molecule has 0 aliphatic rings. The molecule has 0 radical (unpaired) electrons. The summed E-state index contributed by atoms with van der Waals surface area (Å²) in [5.41, 5.74) is 7.03. The van der Waals surface area contributed by atoms with Crippen molar-refractivity contribution in [2.24, 2.45) is 5.73 Å². The minimum atomic E-state index is -0.153. The molecule has 0 unspecified atom stereocenters. The molecule has 1 amide bonds. The van der Waals surface area contributed by atoms with E-state index in [0.29, 0.717) is 14.9 Å². The largest absolute Gasteiger partial charge is 0.389 e. The summed E-state index contributed by atoms with van der Waals surface area (Å²) in [6.45, 7) is 0. The summed E-state index contributed by atoms with van der Waals surface area (Å²) >= 11 is 12.2. The molecule has 19 heavy (non-hydrogen) atoms. The molecule has 0 saturated carbocycles. The van der Waals surface area contributed by atoms with Crippen molar-refractivity contribution >= 4 is 51.7 Å². The third-order valence-corrected chi connectivity index (χ3v) is 4.20. The van der Waals surface area contributed by atoms with Crippen LogP contribution in [-0.4, -0.2) is 17.9 Å². The Kier molecular flexibility index (Phi) is 4.19. The Bertz CT molecular complexity index is 639. The molecule has 0 atom stereocenters. The maximum atomic E-state index is 12.3. The fourth-order valence-electron chi connectivity index (χ4n) is 1.58. The van der Waals surface area contributed by atoms with E-state index < -0.39 is 0 Å². The molecular weight excluding hydrogens is 300 g/mol. The van der Waals surface area contributed by atoms with E-state index in [-0.39, 0.29) is 5.91 Å². The van der Waals surface area contributed by atoms with E-state index in [9.17, 15) is 4.79 Å². The molecule has 3 nitrogen and oxygen atoms in total. The number of benzene rings is 1. The molecule has 0 bridgehead atoms. The second kappa shape index (κ2) is 5.69. The molecule has 0 spiro atoms. The van der Waals surface area contributed by atoms with Crippen molar-refractivity contribution in [2.75, 3.05) is 11.9 Å². The number of thiophene rings is 1. The Morgan fingerprint density at radius 2 is 2.16 bits per heavy atom. The van der Waals surface area contributed by atoms with Gasteiger partial charge >= 0.3 is 0 Å². The zero-order chi connectivity index (χ0) is 14.0. The van der Waals surface area contributed by atoms with Crippen LogP contribution in [-0.2, 0) is 0 Å². The van der Waals surface area contributed by atoms with Crippen LogP contribution in [0.3, 0.4) is 0 Å². The lowest BCUT2D eigenvalue weighted by Crippen LogP contribution is -2.26. The third-order valence-electron chi connectivity index (χ3n) is 2.63. The first-order valence-electron chi connectivity index (χ1n) is 5.41. The predicted octanol–water partition coefficient (Wildman–Crippen LogP) is 3.31. The first-order valence-corrected chi connectivity index (χ1v) is 7.08. The molecule has 1 heterocycles.